The fourth-order valence-corrected chi connectivity index (χ4v) is 2.71. The van der Waals surface area contributed by atoms with Crippen LogP contribution in [0.4, 0.5) is 11.6 Å². The van der Waals surface area contributed by atoms with Crippen LogP contribution >= 0.6 is 0 Å². The van der Waals surface area contributed by atoms with E-state index in [0.29, 0.717) is 11.9 Å². The molecule has 0 radical (unpaired) electrons. The van der Waals surface area contributed by atoms with Gasteiger partial charge in [-0.25, -0.2) is 0 Å². The minimum atomic E-state index is 0.457. The summed E-state index contributed by atoms with van der Waals surface area (Å²) in [6.45, 7) is 3.25. The van der Waals surface area contributed by atoms with Gasteiger partial charge in [0, 0.05) is 25.7 Å². The lowest BCUT2D eigenvalue weighted by atomic mass is 10.0. The van der Waals surface area contributed by atoms with Crippen LogP contribution in [0.1, 0.15) is 18.4 Å². The molecule has 2 heterocycles. The summed E-state index contributed by atoms with van der Waals surface area (Å²) >= 11 is 0. The fraction of sp³-hybridized carbons (Fsp3) is 0.375. The minimum absolute atomic E-state index is 0.457. The number of piperidine rings is 1. The first-order valence-electron chi connectivity index (χ1n) is 7.41. The molecule has 0 saturated carbocycles. The van der Waals surface area contributed by atoms with Gasteiger partial charge in [-0.2, -0.15) is 0 Å². The lowest BCUT2D eigenvalue weighted by Gasteiger charge is -2.32. The van der Waals surface area contributed by atoms with Gasteiger partial charge in [-0.1, -0.05) is 30.3 Å². The van der Waals surface area contributed by atoms with Gasteiger partial charge in [-0.05, 0) is 30.5 Å². The van der Waals surface area contributed by atoms with Crippen molar-refractivity contribution in [2.24, 2.45) is 0 Å². The van der Waals surface area contributed by atoms with Crippen molar-refractivity contribution in [2.75, 3.05) is 24.1 Å². The summed E-state index contributed by atoms with van der Waals surface area (Å²) in [6, 6.07) is 14.8. The van der Waals surface area contributed by atoms with E-state index < -0.39 is 0 Å². The van der Waals surface area contributed by atoms with Crippen molar-refractivity contribution in [3.05, 3.63) is 48.0 Å². The highest BCUT2D eigenvalue weighted by atomic mass is 15.2. The summed E-state index contributed by atoms with van der Waals surface area (Å²) < 4.78 is 0. The molecule has 21 heavy (non-hydrogen) atoms. The zero-order valence-electron chi connectivity index (χ0n) is 12.1. The molecule has 0 bridgehead atoms. The lowest BCUT2D eigenvalue weighted by Crippen LogP contribution is -2.38. The van der Waals surface area contributed by atoms with Crippen LogP contribution in [0.5, 0.6) is 0 Å². The van der Waals surface area contributed by atoms with Crippen LogP contribution in [0.25, 0.3) is 0 Å². The Morgan fingerprint density at radius 3 is 2.48 bits per heavy atom. The van der Waals surface area contributed by atoms with Gasteiger partial charge in [-0.15, -0.1) is 10.2 Å². The summed E-state index contributed by atoms with van der Waals surface area (Å²) in [4.78, 5) is 2.50. The molecule has 0 atom stereocenters. The van der Waals surface area contributed by atoms with E-state index in [9.17, 15) is 0 Å². The molecule has 0 unspecified atom stereocenters. The molecule has 3 rings (SSSR count). The molecule has 1 aliphatic rings. The largest absolute Gasteiger partial charge is 0.382 e. The van der Waals surface area contributed by atoms with E-state index in [-0.39, 0.29) is 0 Å². The zero-order valence-corrected chi connectivity index (χ0v) is 12.1. The minimum Gasteiger partial charge on any atom is -0.382 e. The zero-order chi connectivity index (χ0) is 14.5. The molecule has 3 N–H and O–H groups in total. The Morgan fingerprint density at radius 2 is 1.81 bits per heavy atom. The Kier molecular flexibility index (Phi) is 4.31. The molecule has 0 spiro atoms. The van der Waals surface area contributed by atoms with Crippen LogP contribution in [0.2, 0.25) is 0 Å². The number of hydrogen-bond acceptors (Lipinski definition) is 5. The van der Waals surface area contributed by atoms with Crippen molar-refractivity contribution >= 4 is 11.6 Å². The van der Waals surface area contributed by atoms with Gasteiger partial charge in [0.15, 0.2) is 0 Å². The van der Waals surface area contributed by atoms with Crippen molar-refractivity contribution in [3.8, 4) is 0 Å². The van der Waals surface area contributed by atoms with E-state index in [0.717, 1.165) is 38.3 Å². The van der Waals surface area contributed by atoms with Crippen molar-refractivity contribution in [1.82, 2.24) is 15.1 Å². The number of nitrogens with zero attached hydrogens (tertiary/aromatic N) is 3. The van der Waals surface area contributed by atoms with E-state index in [2.05, 4.69) is 50.7 Å². The molecule has 5 heteroatoms. The van der Waals surface area contributed by atoms with Crippen molar-refractivity contribution in [3.63, 3.8) is 0 Å². The third kappa shape index (κ3) is 3.92. The number of nitrogens with two attached hydrogens (primary N) is 1. The number of likely N-dealkylation sites (tertiary alicyclic amines) is 1. The van der Waals surface area contributed by atoms with Crippen LogP contribution in [0.3, 0.4) is 0 Å². The average molecular weight is 283 g/mol. The van der Waals surface area contributed by atoms with Crippen LogP contribution in [-0.2, 0) is 6.54 Å². The molecule has 0 amide bonds. The monoisotopic (exact) mass is 283 g/mol. The highest BCUT2D eigenvalue weighted by Gasteiger charge is 2.19. The third-order valence-electron chi connectivity index (χ3n) is 3.87. The molecule has 110 valence electrons. The normalized spacial score (nSPS) is 16.8. The summed E-state index contributed by atoms with van der Waals surface area (Å²) in [5, 5.41) is 11.4. The van der Waals surface area contributed by atoms with Gasteiger partial charge in [-0.3, -0.25) is 4.90 Å². The molecule has 1 aromatic carbocycles. The Morgan fingerprint density at radius 1 is 1.05 bits per heavy atom. The molecule has 5 nitrogen and oxygen atoms in total. The van der Waals surface area contributed by atoms with Gasteiger partial charge in [0.2, 0.25) is 0 Å². The fourth-order valence-electron chi connectivity index (χ4n) is 2.71. The second kappa shape index (κ2) is 6.54. The van der Waals surface area contributed by atoms with Crippen LogP contribution in [-0.4, -0.2) is 34.2 Å². The summed E-state index contributed by atoms with van der Waals surface area (Å²) in [7, 11) is 0. The van der Waals surface area contributed by atoms with Gasteiger partial charge < -0.3 is 11.1 Å². The maximum absolute atomic E-state index is 5.54. The van der Waals surface area contributed by atoms with E-state index >= 15 is 0 Å². The topological polar surface area (TPSA) is 67.1 Å². The van der Waals surface area contributed by atoms with Gasteiger partial charge in [0.05, 0.1) is 0 Å². The quantitative estimate of drug-likeness (QED) is 0.900. The van der Waals surface area contributed by atoms with Crippen molar-refractivity contribution in [2.45, 2.75) is 25.4 Å². The lowest BCUT2D eigenvalue weighted by molar-refractivity contribution is 0.211. The van der Waals surface area contributed by atoms with Gasteiger partial charge >= 0.3 is 0 Å². The summed E-state index contributed by atoms with van der Waals surface area (Å²) in [5.74, 6) is 1.27. The Labute approximate surface area is 125 Å². The summed E-state index contributed by atoms with van der Waals surface area (Å²) in [6.07, 6.45) is 2.25. The molecule has 0 aliphatic carbocycles. The smallest absolute Gasteiger partial charge is 0.149 e. The van der Waals surface area contributed by atoms with Gasteiger partial charge in [0.25, 0.3) is 0 Å². The Hall–Kier alpha value is -2.14. The first-order chi connectivity index (χ1) is 10.3. The number of anilines is 2. The molecular formula is C16H21N5. The maximum Gasteiger partial charge on any atom is 0.149 e. The van der Waals surface area contributed by atoms with E-state index in [4.69, 9.17) is 5.73 Å². The van der Waals surface area contributed by atoms with Crippen LogP contribution < -0.4 is 11.1 Å². The molecule has 1 aromatic heterocycles. The van der Waals surface area contributed by atoms with E-state index in [1.54, 1.807) is 6.07 Å². The summed E-state index contributed by atoms with van der Waals surface area (Å²) in [5.41, 5.74) is 6.93. The SMILES string of the molecule is Nc1ccc(NC2CCN(Cc3ccccc3)CC2)nn1. The molecule has 1 fully saturated rings. The number of rotatable bonds is 4. The Balaban J connectivity index is 1.47. The van der Waals surface area contributed by atoms with Crippen molar-refractivity contribution < 1.29 is 0 Å². The second-order valence-electron chi connectivity index (χ2n) is 5.52. The van der Waals surface area contributed by atoms with Crippen LogP contribution in [0.15, 0.2) is 42.5 Å². The highest BCUT2D eigenvalue weighted by Crippen LogP contribution is 2.17. The van der Waals surface area contributed by atoms with Crippen molar-refractivity contribution in [1.29, 1.82) is 0 Å². The van der Waals surface area contributed by atoms with E-state index in [1.165, 1.54) is 5.56 Å². The Bertz CT molecular complexity index is 547. The molecule has 1 aliphatic heterocycles. The molecule has 2 aromatic rings. The molecule has 1 saturated heterocycles. The number of hydrogen-bond donors (Lipinski definition) is 2. The number of nitrogens with one attached hydrogen (secondary N) is 1. The van der Waals surface area contributed by atoms with Gasteiger partial charge in [0.1, 0.15) is 11.6 Å². The molecular weight excluding hydrogens is 262 g/mol. The number of nitrogen functional groups attached to an aromatic ring is 1. The predicted molar refractivity (Wildman–Crippen MR) is 84.8 cm³/mol. The highest BCUT2D eigenvalue weighted by molar-refractivity contribution is 5.39. The predicted octanol–water partition coefficient (Wildman–Crippen LogP) is 2.14. The first kappa shape index (κ1) is 13.8. The van der Waals surface area contributed by atoms with Crippen LogP contribution in [0, 0.1) is 0 Å². The standard InChI is InChI=1S/C16H21N5/c17-15-6-7-16(20-19-15)18-14-8-10-21(11-9-14)12-13-4-2-1-3-5-13/h1-7,14H,8-12H2,(H2,17,19)(H,18,20). The number of benzene rings is 1. The average Bonchev–Trinajstić information content (AvgIpc) is 2.53. The first-order valence-corrected chi connectivity index (χ1v) is 7.41. The number of aromatic nitrogens is 2. The van der Waals surface area contributed by atoms with E-state index in [1.807, 2.05) is 6.07 Å². The maximum atomic E-state index is 5.54. The third-order valence-corrected chi connectivity index (χ3v) is 3.87. The second-order valence-corrected chi connectivity index (χ2v) is 5.52.